The molecule has 0 aromatic heterocycles. The van der Waals surface area contributed by atoms with Crippen LogP contribution in [0.1, 0.15) is 19.4 Å². The van der Waals surface area contributed by atoms with E-state index in [-0.39, 0.29) is 5.82 Å². The number of nitrogens with one attached hydrogen (secondary N) is 1. The second-order valence-electron chi connectivity index (χ2n) is 3.87. The molecule has 1 nitrogen and oxygen atoms in total. The molecule has 0 unspecified atom stereocenters. The zero-order valence-electron chi connectivity index (χ0n) is 9.39. The van der Waals surface area contributed by atoms with Gasteiger partial charge in [-0.15, -0.1) is 0 Å². The topological polar surface area (TPSA) is 12.0 Å². The smallest absolute Gasteiger partial charge is 0.123 e. The fraction of sp³-hybridized carbons (Fsp3) is 0.385. The molecule has 0 bridgehead atoms. The van der Waals surface area contributed by atoms with Gasteiger partial charge in [0.2, 0.25) is 0 Å². The lowest BCUT2D eigenvalue weighted by Gasteiger charge is -2.02. The standard InChI is InChI=1S/C13H18FN/c1-11(2)6-8-15-9-7-12-4-3-5-13(14)10-12/h3-6,10,15H,7-9H2,1-2H3. The van der Waals surface area contributed by atoms with Crippen molar-refractivity contribution in [3.05, 3.63) is 47.3 Å². The maximum Gasteiger partial charge on any atom is 0.123 e. The molecule has 0 saturated heterocycles. The van der Waals surface area contributed by atoms with E-state index in [0.717, 1.165) is 25.1 Å². The first-order chi connectivity index (χ1) is 7.18. The molecule has 0 heterocycles. The Morgan fingerprint density at radius 1 is 1.40 bits per heavy atom. The second kappa shape index (κ2) is 6.36. The molecule has 0 spiro atoms. The minimum Gasteiger partial charge on any atom is -0.313 e. The molecule has 1 aromatic carbocycles. The normalized spacial score (nSPS) is 10.1. The van der Waals surface area contributed by atoms with Crippen LogP contribution in [0.15, 0.2) is 35.9 Å². The van der Waals surface area contributed by atoms with E-state index in [1.54, 1.807) is 12.1 Å². The Morgan fingerprint density at radius 3 is 2.87 bits per heavy atom. The van der Waals surface area contributed by atoms with Crippen molar-refractivity contribution < 1.29 is 4.39 Å². The van der Waals surface area contributed by atoms with Gasteiger partial charge < -0.3 is 5.32 Å². The molecule has 1 aromatic rings. The van der Waals surface area contributed by atoms with Crippen LogP contribution in [0.2, 0.25) is 0 Å². The number of allylic oxidation sites excluding steroid dienone is 1. The fourth-order valence-corrected chi connectivity index (χ4v) is 1.30. The summed E-state index contributed by atoms with van der Waals surface area (Å²) in [6, 6.07) is 6.76. The van der Waals surface area contributed by atoms with Crippen LogP contribution in [0.5, 0.6) is 0 Å². The number of halogens is 1. The van der Waals surface area contributed by atoms with E-state index in [2.05, 4.69) is 25.2 Å². The summed E-state index contributed by atoms with van der Waals surface area (Å²) in [7, 11) is 0. The van der Waals surface area contributed by atoms with Crippen LogP contribution >= 0.6 is 0 Å². The van der Waals surface area contributed by atoms with Crippen molar-refractivity contribution in [2.24, 2.45) is 0 Å². The molecule has 0 fully saturated rings. The van der Waals surface area contributed by atoms with E-state index < -0.39 is 0 Å². The summed E-state index contributed by atoms with van der Waals surface area (Å²) in [6.45, 7) is 5.92. The Balaban J connectivity index is 2.23. The number of rotatable bonds is 5. The van der Waals surface area contributed by atoms with E-state index in [0.29, 0.717) is 0 Å². The Morgan fingerprint density at radius 2 is 2.20 bits per heavy atom. The summed E-state index contributed by atoms with van der Waals surface area (Å²) >= 11 is 0. The first-order valence-electron chi connectivity index (χ1n) is 5.27. The van der Waals surface area contributed by atoms with Gasteiger partial charge in [0.25, 0.3) is 0 Å². The summed E-state index contributed by atoms with van der Waals surface area (Å²) < 4.78 is 12.8. The van der Waals surface area contributed by atoms with Crippen LogP contribution in [0.3, 0.4) is 0 Å². The summed E-state index contributed by atoms with van der Waals surface area (Å²) in [5, 5.41) is 3.29. The van der Waals surface area contributed by atoms with Crippen molar-refractivity contribution in [2.75, 3.05) is 13.1 Å². The molecule has 0 amide bonds. The first kappa shape index (κ1) is 11.9. The van der Waals surface area contributed by atoms with Crippen molar-refractivity contribution in [1.82, 2.24) is 5.32 Å². The highest BCUT2D eigenvalue weighted by Crippen LogP contribution is 2.03. The Bertz CT molecular complexity index is 327. The maximum atomic E-state index is 12.8. The van der Waals surface area contributed by atoms with Crippen molar-refractivity contribution in [3.63, 3.8) is 0 Å². The molecule has 0 atom stereocenters. The van der Waals surface area contributed by atoms with E-state index >= 15 is 0 Å². The van der Waals surface area contributed by atoms with Crippen LogP contribution in [-0.2, 0) is 6.42 Å². The summed E-state index contributed by atoms with van der Waals surface area (Å²) in [5.74, 6) is -0.156. The third-order valence-electron chi connectivity index (χ3n) is 2.13. The maximum absolute atomic E-state index is 12.8. The highest BCUT2D eigenvalue weighted by Gasteiger charge is 1.94. The van der Waals surface area contributed by atoms with Crippen molar-refractivity contribution in [2.45, 2.75) is 20.3 Å². The molecule has 0 aliphatic rings. The lowest BCUT2D eigenvalue weighted by Crippen LogP contribution is -2.17. The van der Waals surface area contributed by atoms with Gasteiger partial charge in [0.15, 0.2) is 0 Å². The Labute approximate surface area is 91.0 Å². The molecular weight excluding hydrogens is 189 g/mol. The lowest BCUT2D eigenvalue weighted by atomic mass is 10.1. The van der Waals surface area contributed by atoms with Crippen LogP contribution in [0, 0.1) is 5.82 Å². The highest BCUT2D eigenvalue weighted by atomic mass is 19.1. The minimum absolute atomic E-state index is 0.156. The third kappa shape index (κ3) is 5.33. The van der Waals surface area contributed by atoms with Gasteiger partial charge in [-0.1, -0.05) is 23.8 Å². The van der Waals surface area contributed by atoms with Gasteiger partial charge in [0.05, 0.1) is 0 Å². The van der Waals surface area contributed by atoms with Crippen molar-refractivity contribution in [3.8, 4) is 0 Å². The average molecular weight is 207 g/mol. The van der Waals surface area contributed by atoms with Gasteiger partial charge in [0, 0.05) is 6.54 Å². The molecule has 1 N–H and O–H groups in total. The monoisotopic (exact) mass is 207 g/mol. The first-order valence-corrected chi connectivity index (χ1v) is 5.27. The summed E-state index contributed by atoms with van der Waals surface area (Å²) in [5.41, 5.74) is 2.35. The fourth-order valence-electron chi connectivity index (χ4n) is 1.30. The summed E-state index contributed by atoms with van der Waals surface area (Å²) in [4.78, 5) is 0. The largest absolute Gasteiger partial charge is 0.313 e. The predicted octanol–water partition coefficient (Wildman–Crippen LogP) is 2.92. The van der Waals surface area contributed by atoms with Gasteiger partial charge in [-0.05, 0) is 44.5 Å². The number of benzene rings is 1. The van der Waals surface area contributed by atoms with Gasteiger partial charge in [-0.2, -0.15) is 0 Å². The second-order valence-corrected chi connectivity index (χ2v) is 3.87. The van der Waals surface area contributed by atoms with Crippen molar-refractivity contribution >= 4 is 0 Å². The van der Waals surface area contributed by atoms with E-state index in [1.165, 1.54) is 11.6 Å². The Kier molecular flexibility index (Phi) is 5.05. The van der Waals surface area contributed by atoms with Crippen LogP contribution < -0.4 is 5.32 Å². The van der Waals surface area contributed by atoms with Gasteiger partial charge in [-0.25, -0.2) is 4.39 Å². The molecule has 1 rings (SSSR count). The zero-order chi connectivity index (χ0) is 11.1. The molecular formula is C13H18FN. The minimum atomic E-state index is -0.156. The van der Waals surface area contributed by atoms with E-state index in [1.807, 2.05) is 6.07 Å². The Hall–Kier alpha value is -1.15. The van der Waals surface area contributed by atoms with Crippen LogP contribution in [-0.4, -0.2) is 13.1 Å². The third-order valence-corrected chi connectivity index (χ3v) is 2.13. The molecule has 15 heavy (non-hydrogen) atoms. The van der Waals surface area contributed by atoms with Gasteiger partial charge >= 0.3 is 0 Å². The molecule has 0 aliphatic carbocycles. The van der Waals surface area contributed by atoms with Gasteiger partial charge in [0.1, 0.15) is 5.82 Å². The SMILES string of the molecule is CC(C)=CCNCCc1cccc(F)c1. The lowest BCUT2D eigenvalue weighted by molar-refractivity contribution is 0.624. The van der Waals surface area contributed by atoms with E-state index in [4.69, 9.17) is 0 Å². The van der Waals surface area contributed by atoms with Crippen LogP contribution in [0.4, 0.5) is 4.39 Å². The molecule has 0 aliphatic heterocycles. The average Bonchev–Trinajstić information content (AvgIpc) is 2.17. The van der Waals surface area contributed by atoms with E-state index in [9.17, 15) is 4.39 Å². The zero-order valence-corrected chi connectivity index (χ0v) is 9.39. The molecule has 2 heteroatoms. The summed E-state index contributed by atoms with van der Waals surface area (Å²) in [6.07, 6.45) is 3.01. The number of hydrogen-bond donors (Lipinski definition) is 1. The quantitative estimate of drug-likeness (QED) is 0.578. The molecule has 82 valence electrons. The molecule has 0 radical (unpaired) electrons. The molecule has 0 saturated carbocycles. The van der Waals surface area contributed by atoms with Gasteiger partial charge in [-0.3, -0.25) is 0 Å². The van der Waals surface area contributed by atoms with Crippen LogP contribution in [0.25, 0.3) is 0 Å². The number of hydrogen-bond acceptors (Lipinski definition) is 1. The predicted molar refractivity (Wildman–Crippen MR) is 62.4 cm³/mol. The van der Waals surface area contributed by atoms with Crippen molar-refractivity contribution in [1.29, 1.82) is 0 Å². The highest BCUT2D eigenvalue weighted by molar-refractivity contribution is 5.16.